The number of ether oxygens (including phenoxy) is 1. The summed E-state index contributed by atoms with van der Waals surface area (Å²) in [6.07, 6.45) is 0.819. The molecule has 1 atom stereocenters. The predicted octanol–water partition coefficient (Wildman–Crippen LogP) is 0.627. The molecule has 1 aromatic heterocycles. The number of aromatic nitrogens is 1. The Hall–Kier alpha value is -3.09. The van der Waals surface area contributed by atoms with Gasteiger partial charge in [-0.15, -0.1) is 0 Å². The number of nitrogen functional groups attached to an aromatic ring is 1. The molecule has 23 heavy (non-hydrogen) atoms. The van der Waals surface area contributed by atoms with Crippen molar-refractivity contribution < 1.29 is 14.3 Å². The van der Waals surface area contributed by atoms with Crippen LogP contribution in [0.15, 0.2) is 29.1 Å². The van der Waals surface area contributed by atoms with Crippen molar-refractivity contribution >= 4 is 17.6 Å². The van der Waals surface area contributed by atoms with Crippen molar-refractivity contribution in [3.63, 3.8) is 0 Å². The Morgan fingerprint density at radius 1 is 1.22 bits per heavy atom. The molecule has 0 saturated carbocycles. The summed E-state index contributed by atoms with van der Waals surface area (Å²) in [7, 11) is 0. The van der Waals surface area contributed by atoms with E-state index >= 15 is 0 Å². The number of carbonyl (C=O) groups excluding carboxylic acids is 2. The molecule has 0 radical (unpaired) electrons. The van der Waals surface area contributed by atoms with E-state index in [4.69, 9.17) is 10.5 Å². The molecule has 0 fully saturated rings. The number of fused-ring (bicyclic) bond motifs is 2. The molecular weight excluding hydrogens is 298 g/mol. The van der Waals surface area contributed by atoms with Gasteiger partial charge in [-0.1, -0.05) is 0 Å². The number of carbonyl (C=O) groups is 2. The number of hydrogen-bond donors (Lipinski definition) is 2. The van der Waals surface area contributed by atoms with Crippen molar-refractivity contribution in [2.24, 2.45) is 0 Å². The third-order valence-electron chi connectivity index (χ3n) is 4.09. The molecule has 1 unspecified atom stereocenters. The Balaban J connectivity index is 1.93. The van der Waals surface area contributed by atoms with Gasteiger partial charge in [0.1, 0.15) is 17.7 Å². The fourth-order valence-electron chi connectivity index (χ4n) is 3.09. The molecule has 116 valence electrons. The van der Waals surface area contributed by atoms with E-state index < -0.39 is 17.4 Å². The van der Waals surface area contributed by atoms with Gasteiger partial charge in [0.25, 0.3) is 17.4 Å². The zero-order chi connectivity index (χ0) is 16.3. The Morgan fingerprint density at radius 2 is 2.00 bits per heavy atom. The minimum atomic E-state index is -0.600. The van der Waals surface area contributed by atoms with E-state index in [1.54, 1.807) is 12.1 Å². The van der Waals surface area contributed by atoms with Crippen LogP contribution in [0.2, 0.25) is 0 Å². The third-order valence-corrected chi connectivity index (χ3v) is 4.09. The Labute approximate surface area is 130 Å². The summed E-state index contributed by atoms with van der Waals surface area (Å²) in [4.78, 5) is 35.9. The van der Waals surface area contributed by atoms with Gasteiger partial charge in [-0.25, -0.2) is 0 Å². The maximum Gasteiger partial charge on any atom is 0.262 e. The topological polar surface area (TPSA) is 103 Å². The summed E-state index contributed by atoms with van der Waals surface area (Å²) in [5, 5.41) is 2.15. The summed E-state index contributed by atoms with van der Waals surface area (Å²) < 4.78 is 6.87. The molecule has 1 aromatic carbocycles. The first-order chi connectivity index (χ1) is 11.0. The molecule has 4 rings (SSSR count). The van der Waals surface area contributed by atoms with Gasteiger partial charge in [-0.3, -0.25) is 24.3 Å². The largest absolute Gasteiger partial charge is 0.490 e. The molecule has 0 spiro atoms. The highest BCUT2D eigenvalue weighted by molar-refractivity contribution is 6.23. The second kappa shape index (κ2) is 4.45. The fraction of sp³-hybridized carbons (Fsp3) is 0.188. The molecule has 7 nitrogen and oxygen atoms in total. The first kappa shape index (κ1) is 13.6. The van der Waals surface area contributed by atoms with Crippen molar-refractivity contribution in [2.45, 2.75) is 19.4 Å². The predicted molar refractivity (Wildman–Crippen MR) is 82.0 cm³/mol. The van der Waals surface area contributed by atoms with Crippen LogP contribution in [0.5, 0.6) is 5.75 Å². The van der Waals surface area contributed by atoms with Crippen LogP contribution in [-0.4, -0.2) is 22.5 Å². The Bertz CT molecular complexity index is 945. The van der Waals surface area contributed by atoms with Crippen molar-refractivity contribution in [3.8, 4) is 11.4 Å². The number of amides is 2. The number of anilines is 1. The monoisotopic (exact) mass is 311 g/mol. The van der Waals surface area contributed by atoms with Gasteiger partial charge in [0, 0.05) is 12.5 Å². The third kappa shape index (κ3) is 1.86. The summed E-state index contributed by atoms with van der Waals surface area (Å²) in [5.41, 5.74) is 7.13. The zero-order valence-corrected chi connectivity index (χ0v) is 12.3. The van der Waals surface area contributed by atoms with Crippen molar-refractivity contribution in [1.82, 2.24) is 9.88 Å². The summed E-state index contributed by atoms with van der Waals surface area (Å²) in [6, 6.07) is 6.43. The van der Waals surface area contributed by atoms with Crippen LogP contribution >= 0.6 is 0 Å². The van der Waals surface area contributed by atoms with E-state index in [1.165, 1.54) is 4.57 Å². The van der Waals surface area contributed by atoms with E-state index in [1.807, 2.05) is 13.0 Å². The van der Waals surface area contributed by atoms with Gasteiger partial charge in [-0.05, 0) is 30.7 Å². The lowest BCUT2D eigenvalue weighted by Crippen LogP contribution is -2.24. The van der Waals surface area contributed by atoms with Crippen LogP contribution in [0, 0.1) is 0 Å². The van der Waals surface area contributed by atoms with E-state index in [0.29, 0.717) is 5.69 Å². The average Bonchev–Trinajstić information content (AvgIpc) is 2.98. The fourth-order valence-corrected chi connectivity index (χ4v) is 3.09. The second-order valence-electron chi connectivity index (χ2n) is 5.70. The number of nitrogens with two attached hydrogens (primary N) is 1. The zero-order valence-electron chi connectivity index (χ0n) is 12.3. The van der Waals surface area contributed by atoms with Crippen molar-refractivity contribution in [1.29, 1.82) is 0 Å². The van der Waals surface area contributed by atoms with Gasteiger partial charge >= 0.3 is 0 Å². The maximum absolute atomic E-state index is 12.4. The molecule has 2 aromatic rings. The molecule has 3 N–H and O–H groups in total. The lowest BCUT2D eigenvalue weighted by atomic mass is 10.1. The highest BCUT2D eigenvalue weighted by Crippen LogP contribution is 2.31. The first-order valence-electron chi connectivity index (χ1n) is 7.17. The van der Waals surface area contributed by atoms with Crippen molar-refractivity contribution in [2.75, 3.05) is 5.73 Å². The van der Waals surface area contributed by atoms with E-state index in [2.05, 4.69) is 5.32 Å². The maximum atomic E-state index is 12.4. The molecule has 7 heteroatoms. The summed E-state index contributed by atoms with van der Waals surface area (Å²) in [6.45, 7) is 1.96. The number of hydrogen-bond acceptors (Lipinski definition) is 5. The van der Waals surface area contributed by atoms with E-state index in [9.17, 15) is 14.4 Å². The molecule has 0 aliphatic carbocycles. The first-order valence-corrected chi connectivity index (χ1v) is 7.17. The van der Waals surface area contributed by atoms with Gasteiger partial charge in [0.15, 0.2) is 0 Å². The lowest BCUT2D eigenvalue weighted by Gasteiger charge is -2.12. The van der Waals surface area contributed by atoms with Crippen LogP contribution in [-0.2, 0) is 6.42 Å². The van der Waals surface area contributed by atoms with Gasteiger partial charge in [-0.2, -0.15) is 0 Å². The van der Waals surface area contributed by atoms with E-state index in [-0.39, 0.29) is 23.0 Å². The number of nitrogens with zero attached hydrogens (tertiary/aromatic N) is 1. The minimum Gasteiger partial charge on any atom is -0.490 e. The molecular formula is C16H13N3O4. The Kier molecular flexibility index (Phi) is 2.63. The highest BCUT2D eigenvalue weighted by atomic mass is 16.5. The van der Waals surface area contributed by atoms with Gasteiger partial charge in [0.05, 0.1) is 16.8 Å². The number of benzene rings is 1. The van der Waals surface area contributed by atoms with Crippen molar-refractivity contribution in [3.05, 3.63) is 51.3 Å². The van der Waals surface area contributed by atoms with Gasteiger partial charge in [0.2, 0.25) is 0 Å². The number of pyridine rings is 1. The molecule has 0 saturated heterocycles. The molecule has 2 aliphatic heterocycles. The normalized spacial score (nSPS) is 18.4. The van der Waals surface area contributed by atoms with Gasteiger partial charge < -0.3 is 10.5 Å². The summed E-state index contributed by atoms with van der Waals surface area (Å²) >= 11 is 0. The minimum absolute atomic E-state index is 0.0202. The van der Waals surface area contributed by atoms with Crippen LogP contribution in [0.25, 0.3) is 5.69 Å². The average molecular weight is 311 g/mol. The van der Waals surface area contributed by atoms with Crippen LogP contribution in [0.1, 0.15) is 33.2 Å². The molecule has 2 aliphatic rings. The summed E-state index contributed by atoms with van der Waals surface area (Å²) in [5.74, 6) is -0.448. The number of rotatable bonds is 1. The smallest absolute Gasteiger partial charge is 0.262 e. The Morgan fingerprint density at radius 3 is 2.78 bits per heavy atom. The van der Waals surface area contributed by atoms with Crippen LogP contribution < -0.4 is 21.3 Å². The highest BCUT2D eigenvalue weighted by Gasteiger charge is 2.32. The van der Waals surface area contributed by atoms with Crippen LogP contribution in [0.3, 0.4) is 0 Å². The quantitative estimate of drug-likeness (QED) is 0.752. The number of nitrogens with one attached hydrogen (secondary N) is 1. The van der Waals surface area contributed by atoms with E-state index in [0.717, 1.165) is 23.8 Å². The second-order valence-corrected chi connectivity index (χ2v) is 5.70. The lowest BCUT2D eigenvalue weighted by molar-refractivity contribution is 0.0880. The molecule has 0 bridgehead atoms. The van der Waals surface area contributed by atoms with Crippen LogP contribution in [0.4, 0.5) is 5.82 Å². The SMILES string of the molecule is CC1Cc2cc(-n3c(N)c4c(cc3=O)C(=O)NC4=O)ccc2O1. The molecule has 3 heterocycles. The molecule has 2 amide bonds. The standard InChI is InChI=1S/C16H13N3O4/c1-7-4-8-5-9(2-3-11(8)23-7)19-12(20)6-10-13(14(19)17)16(22)18-15(10)21/h2-3,5-7H,4,17H2,1H3,(H,18,21,22). The number of imide groups is 1.